The highest BCUT2D eigenvalue weighted by atomic mass is 32.2. The molecule has 2 N–H and O–H groups in total. The summed E-state index contributed by atoms with van der Waals surface area (Å²) in [7, 11) is 4.64. The number of hydrogen-bond acceptors (Lipinski definition) is 11. The first-order valence-electron chi connectivity index (χ1n) is 9.64. The minimum Gasteiger partial charge on any atom is -0.493 e. The number of fused-ring (bicyclic) bond motifs is 1. The van der Waals surface area contributed by atoms with Crippen LogP contribution in [-0.2, 0) is 9.47 Å². The number of methoxy groups -OCH3 is 3. The van der Waals surface area contributed by atoms with E-state index in [-0.39, 0.29) is 12.6 Å². The summed E-state index contributed by atoms with van der Waals surface area (Å²) < 4.78 is 27.0. The average Bonchev–Trinajstić information content (AvgIpc) is 3.15. The number of rotatable bonds is 7. The summed E-state index contributed by atoms with van der Waals surface area (Å²) in [6.45, 7) is 1.91. The minimum absolute atomic E-state index is 0.204. The molecule has 3 rings (SSSR count). The van der Waals surface area contributed by atoms with Crippen LogP contribution in [0.25, 0.3) is 0 Å². The van der Waals surface area contributed by atoms with Gasteiger partial charge in [-0.05, 0) is 25.3 Å². The molecule has 0 aromatic heterocycles. The molecule has 0 radical (unpaired) electrons. The zero-order valence-electron chi connectivity index (χ0n) is 18.1. The summed E-state index contributed by atoms with van der Waals surface area (Å²) in [5.41, 5.74) is 4.60. The predicted octanol–water partition coefficient (Wildman–Crippen LogP) is 2.49. The van der Waals surface area contributed by atoms with Gasteiger partial charge in [0, 0.05) is 12.0 Å². The van der Waals surface area contributed by atoms with Gasteiger partial charge in [-0.3, -0.25) is 5.32 Å². The summed E-state index contributed by atoms with van der Waals surface area (Å²) >= 11 is 1.43. The Labute approximate surface area is 185 Å². The van der Waals surface area contributed by atoms with Crippen LogP contribution in [0.4, 0.5) is 4.79 Å². The zero-order chi connectivity index (χ0) is 22.5. The maximum Gasteiger partial charge on any atom is 0.509 e. The molecule has 1 fully saturated rings. The van der Waals surface area contributed by atoms with Crippen LogP contribution in [0, 0.1) is 11.3 Å². The van der Waals surface area contributed by atoms with E-state index in [2.05, 4.69) is 16.8 Å². The normalized spacial score (nSPS) is 22.8. The molecule has 0 saturated carbocycles. The van der Waals surface area contributed by atoms with E-state index in [0.29, 0.717) is 29.2 Å². The number of thioether (sulfide) groups is 1. The molecule has 2 aliphatic rings. The van der Waals surface area contributed by atoms with Crippen LogP contribution in [0.15, 0.2) is 22.7 Å². The highest BCUT2D eigenvalue weighted by Crippen LogP contribution is 2.47. The van der Waals surface area contributed by atoms with Gasteiger partial charge in [-0.1, -0.05) is 0 Å². The lowest BCUT2D eigenvalue weighted by atomic mass is 9.97. The fraction of sp³-hybridized carbons (Fsp3) is 0.500. The molecular formula is C20H26N4O6S. The first-order valence-corrected chi connectivity index (χ1v) is 10.9. The SMILES string of the molecule is CCOC(=O)OC1CC(c2ccc(OC)c(OC)c2OC)N2NC(SC)=C(C#N)C2N1. The number of hydrazine groups is 1. The van der Waals surface area contributed by atoms with Crippen LogP contribution in [0.2, 0.25) is 0 Å². The predicted molar refractivity (Wildman–Crippen MR) is 113 cm³/mol. The first kappa shape index (κ1) is 22.9. The van der Waals surface area contributed by atoms with Gasteiger partial charge in [-0.2, -0.15) is 10.3 Å². The topological polar surface area (TPSA) is 114 Å². The summed E-state index contributed by atoms with van der Waals surface area (Å²) in [5.74, 6) is 1.49. The number of carbonyl (C=O) groups excluding carboxylic acids is 1. The molecule has 0 aliphatic carbocycles. The highest BCUT2D eigenvalue weighted by Gasteiger charge is 2.46. The van der Waals surface area contributed by atoms with E-state index in [0.717, 1.165) is 10.6 Å². The number of nitrogens with one attached hydrogen (secondary N) is 2. The van der Waals surface area contributed by atoms with E-state index in [9.17, 15) is 10.1 Å². The molecule has 2 aliphatic heterocycles. The monoisotopic (exact) mass is 450 g/mol. The summed E-state index contributed by atoms with van der Waals surface area (Å²) in [6.07, 6.45) is 0.286. The Hall–Kier alpha value is -2.81. The van der Waals surface area contributed by atoms with Gasteiger partial charge in [-0.15, -0.1) is 11.8 Å². The molecule has 1 aromatic rings. The second kappa shape index (κ2) is 10.00. The van der Waals surface area contributed by atoms with Crippen LogP contribution < -0.4 is 25.0 Å². The number of benzene rings is 1. The summed E-state index contributed by atoms with van der Waals surface area (Å²) in [4.78, 5) is 12.0. The molecule has 3 unspecified atom stereocenters. The van der Waals surface area contributed by atoms with Gasteiger partial charge in [0.1, 0.15) is 12.2 Å². The molecule has 168 valence electrons. The van der Waals surface area contributed by atoms with E-state index in [1.807, 2.05) is 17.3 Å². The second-order valence-corrected chi connectivity index (χ2v) is 7.43. The van der Waals surface area contributed by atoms with Crippen molar-refractivity contribution < 1.29 is 28.5 Å². The van der Waals surface area contributed by atoms with E-state index in [4.69, 9.17) is 23.7 Å². The van der Waals surface area contributed by atoms with Crippen molar-refractivity contribution in [2.45, 2.75) is 31.8 Å². The van der Waals surface area contributed by atoms with Gasteiger partial charge in [0.15, 0.2) is 17.7 Å². The summed E-state index contributed by atoms with van der Waals surface area (Å²) in [6, 6.07) is 5.59. The molecule has 0 amide bonds. The van der Waals surface area contributed by atoms with Crippen LogP contribution in [0.5, 0.6) is 17.2 Å². The maximum absolute atomic E-state index is 12.0. The van der Waals surface area contributed by atoms with Crippen molar-refractivity contribution in [1.82, 2.24) is 15.8 Å². The van der Waals surface area contributed by atoms with Crippen molar-refractivity contribution >= 4 is 17.9 Å². The second-order valence-electron chi connectivity index (χ2n) is 6.61. The van der Waals surface area contributed by atoms with Crippen molar-refractivity contribution in [1.29, 1.82) is 5.26 Å². The Morgan fingerprint density at radius 2 is 2.00 bits per heavy atom. The van der Waals surface area contributed by atoms with Gasteiger partial charge in [0.2, 0.25) is 5.75 Å². The quantitative estimate of drug-likeness (QED) is 0.597. The third-order valence-corrected chi connectivity index (χ3v) is 5.78. The van der Waals surface area contributed by atoms with Crippen molar-refractivity contribution in [3.05, 3.63) is 28.3 Å². The first-order chi connectivity index (χ1) is 15.0. The third-order valence-electron chi connectivity index (χ3n) is 5.06. The number of carbonyl (C=O) groups is 1. The van der Waals surface area contributed by atoms with Gasteiger partial charge in [-0.25, -0.2) is 4.79 Å². The van der Waals surface area contributed by atoms with Gasteiger partial charge >= 0.3 is 6.16 Å². The van der Waals surface area contributed by atoms with Gasteiger partial charge < -0.3 is 29.1 Å². The zero-order valence-corrected chi connectivity index (χ0v) is 18.9. The molecule has 1 saturated heterocycles. The molecule has 0 bridgehead atoms. The van der Waals surface area contributed by atoms with Crippen LogP contribution in [0.3, 0.4) is 0 Å². The van der Waals surface area contributed by atoms with Crippen LogP contribution >= 0.6 is 11.8 Å². The molecule has 11 heteroatoms. The Morgan fingerprint density at radius 1 is 1.26 bits per heavy atom. The molecule has 10 nitrogen and oxygen atoms in total. The lowest BCUT2D eigenvalue weighted by Crippen LogP contribution is -2.59. The van der Waals surface area contributed by atoms with E-state index in [1.165, 1.54) is 18.9 Å². The van der Waals surface area contributed by atoms with Crippen molar-refractivity contribution in [2.24, 2.45) is 0 Å². The highest BCUT2D eigenvalue weighted by molar-refractivity contribution is 8.02. The Balaban J connectivity index is 2.04. The van der Waals surface area contributed by atoms with E-state index < -0.39 is 18.5 Å². The fourth-order valence-electron chi connectivity index (χ4n) is 3.77. The van der Waals surface area contributed by atoms with Gasteiger partial charge in [0.05, 0.1) is 44.6 Å². The molecule has 3 atom stereocenters. The average molecular weight is 451 g/mol. The lowest BCUT2D eigenvalue weighted by Gasteiger charge is -2.42. The maximum atomic E-state index is 12.0. The molecule has 1 aromatic carbocycles. The lowest BCUT2D eigenvalue weighted by molar-refractivity contribution is -0.0553. The number of nitrogens with zero attached hydrogens (tertiary/aromatic N) is 2. The van der Waals surface area contributed by atoms with E-state index >= 15 is 0 Å². The Morgan fingerprint density at radius 3 is 2.58 bits per heavy atom. The van der Waals surface area contributed by atoms with Crippen LogP contribution in [-0.4, -0.2) is 57.7 Å². The fourth-order valence-corrected chi connectivity index (χ4v) is 4.34. The Bertz CT molecular complexity index is 902. The molecule has 31 heavy (non-hydrogen) atoms. The van der Waals surface area contributed by atoms with E-state index in [1.54, 1.807) is 27.2 Å². The smallest absolute Gasteiger partial charge is 0.493 e. The summed E-state index contributed by atoms with van der Waals surface area (Å²) in [5, 5.41) is 15.6. The largest absolute Gasteiger partial charge is 0.509 e. The number of nitriles is 1. The molecule has 0 spiro atoms. The standard InChI is InChI=1S/C20H26N4O6S/c1-6-29-20(25)30-15-9-13(24-18(22-15)12(10-21)19(23-24)31-5)11-7-8-14(26-2)17(28-4)16(11)27-3/h7-8,13,15,18,22-23H,6,9H2,1-5H3. The minimum atomic E-state index is -0.773. The number of ether oxygens (including phenoxy) is 5. The van der Waals surface area contributed by atoms with Crippen molar-refractivity contribution in [3.63, 3.8) is 0 Å². The third kappa shape index (κ3) is 4.32. The van der Waals surface area contributed by atoms with Gasteiger partial charge in [0.25, 0.3) is 0 Å². The molecule has 2 heterocycles. The van der Waals surface area contributed by atoms with Crippen LogP contribution in [0.1, 0.15) is 24.9 Å². The van der Waals surface area contributed by atoms with Crippen molar-refractivity contribution in [2.75, 3.05) is 34.2 Å². The Kier molecular flexibility index (Phi) is 7.37. The van der Waals surface area contributed by atoms with Crippen molar-refractivity contribution in [3.8, 4) is 23.3 Å². The molecular weight excluding hydrogens is 424 g/mol. The number of hydrogen-bond donors (Lipinski definition) is 2.